The van der Waals surface area contributed by atoms with E-state index < -0.39 is 29.7 Å². The second-order valence-corrected chi connectivity index (χ2v) is 10.7. The molecule has 0 radical (unpaired) electrons. The number of ether oxygens (including phenoxy) is 7. The molecule has 0 saturated heterocycles. The predicted octanol–water partition coefficient (Wildman–Crippen LogP) is 1.27. The first kappa shape index (κ1) is 40.2. The zero-order valence-corrected chi connectivity index (χ0v) is 27.3. The van der Waals surface area contributed by atoms with Gasteiger partial charge in [0.15, 0.2) is 0 Å². The second-order valence-electron chi connectivity index (χ2n) is 10.7. The van der Waals surface area contributed by atoms with Crippen molar-refractivity contribution in [2.45, 2.75) is 58.8 Å². The third kappa shape index (κ3) is 22.7. The van der Waals surface area contributed by atoms with E-state index in [4.69, 9.17) is 33.2 Å². The summed E-state index contributed by atoms with van der Waals surface area (Å²) in [5.41, 5.74) is 0.00868. The highest BCUT2D eigenvalue weighted by atomic mass is 16.6. The van der Waals surface area contributed by atoms with Crippen LogP contribution in [0.2, 0.25) is 0 Å². The maximum absolute atomic E-state index is 12.6. The van der Waals surface area contributed by atoms with Gasteiger partial charge in [-0.2, -0.15) is 0 Å². The molecule has 0 aromatic heterocycles. The van der Waals surface area contributed by atoms with Crippen molar-refractivity contribution in [3.05, 3.63) is 35.9 Å². The molecule has 15 heteroatoms. The molecule has 3 amide bonds. The van der Waals surface area contributed by atoms with Crippen molar-refractivity contribution in [3.8, 4) is 0 Å². The molecule has 1 aromatic rings. The van der Waals surface area contributed by atoms with Gasteiger partial charge >= 0.3 is 18.0 Å². The molecular weight excluding hydrogens is 606 g/mol. The number of carbonyl (C=O) groups is 5. The smallest absolute Gasteiger partial charge is 0.408 e. The number of hydrogen-bond acceptors (Lipinski definition) is 12. The van der Waals surface area contributed by atoms with Crippen molar-refractivity contribution in [1.82, 2.24) is 16.0 Å². The van der Waals surface area contributed by atoms with Gasteiger partial charge in [0.1, 0.15) is 31.5 Å². The normalized spacial score (nSPS) is 11.7. The van der Waals surface area contributed by atoms with Gasteiger partial charge in [0, 0.05) is 19.5 Å². The number of carbonyl (C=O) groups excluding carboxylic acids is 5. The fraction of sp³-hybridized carbons (Fsp3) is 0.645. The Labute approximate surface area is 270 Å². The molecule has 46 heavy (non-hydrogen) atoms. The summed E-state index contributed by atoms with van der Waals surface area (Å²) >= 11 is 0. The molecule has 15 nitrogen and oxygen atoms in total. The van der Waals surface area contributed by atoms with E-state index in [0.29, 0.717) is 13.2 Å². The second kappa shape index (κ2) is 24.4. The van der Waals surface area contributed by atoms with Crippen LogP contribution in [0, 0.1) is 0 Å². The van der Waals surface area contributed by atoms with Crippen LogP contribution in [-0.2, 0) is 58.9 Å². The summed E-state index contributed by atoms with van der Waals surface area (Å²) in [6.45, 7) is 8.80. The zero-order chi connectivity index (χ0) is 34.0. The zero-order valence-electron chi connectivity index (χ0n) is 27.3. The molecule has 1 atom stereocenters. The van der Waals surface area contributed by atoms with Crippen LogP contribution in [0.15, 0.2) is 30.3 Å². The van der Waals surface area contributed by atoms with Crippen LogP contribution in [0.1, 0.15) is 46.1 Å². The molecule has 0 saturated carbocycles. The predicted molar refractivity (Wildman–Crippen MR) is 165 cm³/mol. The van der Waals surface area contributed by atoms with Gasteiger partial charge in [-0.1, -0.05) is 30.3 Å². The summed E-state index contributed by atoms with van der Waals surface area (Å²) in [5.74, 6) is -1.74. The van der Waals surface area contributed by atoms with Crippen LogP contribution in [0.5, 0.6) is 0 Å². The van der Waals surface area contributed by atoms with Crippen molar-refractivity contribution in [3.63, 3.8) is 0 Å². The molecule has 0 bridgehead atoms. The molecule has 0 unspecified atom stereocenters. The summed E-state index contributed by atoms with van der Waals surface area (Å²) in [7, 11) is 0. The van der Waals surface area contributed by atoms with Gasteiger partial charge in [0.2, 0.25) is 11.8 Å². The minimum Gasteiger partial charge on any atom is -0.464 e. The summed E-state index contributed by atoms with van der Waals surface area (Å²) in [6.07, 6.45) is -0.834. The summed E-state index contributed by atoms with van der Waals surface area (Å²) in [4.78, 5) is 60.2. The van der Waals surface area contributed by atoms with E-state index in [9.17, 15) is 24.0 Å². The number of nitrogens with one attached hydrogen (secondary N) is 3. The molecule has 0 fully saturated rings. The molecule has 3 N–H and O–H groups in total. The Hall–Kier alpha value is -3.79. The number of alkyl carbamates (subject to hydrolysis) is 1. The Morgan fingerprint density at radius 1 is 0.739 bits per heavy atom. The maximum Gasteiger partial charge on any atom is 0.408 e. The summed E-state index contributed by atoms with van der Waals surface area (Å²) in [6, 6.07) is 8.01. The molecule has 1 aromatic carbocycles. The fourth-order valence-corrected chi connectivity index (χ4v) is 3.43. The highest BCUT2D eigenvalue weighted by Gasteiger charge is 2.27. The topological polar surface area (TPSA) is 186 Å². The van der Waals surface area contributed by atoms with Gasteiger partial charge in [-0.15, -0.1) is 0 Å². The van der Waals surface area contributed by atoms with Crippen molar-refractivity contribution in [1.29, 1.82) is 0 Å². The average molecular weight is 656 g/mol. The largest absolute Gasteiger partial charge is 0.464 e. The van der Waals surface area contributed by atoms with Crippen LogP contribution in [-0.4, -0.2) is 114 Å². The Bertz CT molecular complexity index is 1030. The number of benzene rings is 1. The van der Waals surface area contributed by atoms with E-state index in [1.54, 1.807) is 39.8 Å². The lowest BCUT2D eigenvalue weighted by Gasteiger charge is -2.24. The van der Waals surface area contributed by atoms with Crippen LogP contribution in [0.25, 0.3) is 0 Å². The van der Waals surface area contributed by atoms with E-state index in [0.717, 1.165) is 5.56 Å². The Balaban J connectivity index is 2.14. The van der Waals surface area contributed by atoms with E-state index in [1.165, 1.54) is 0 Å². The standard InChI is InChI=1S/C31H49N3O12/c1-5-44-28(37)23-43-20-18-41-16-14-33-27(36)22-42-19-17-40-15-13-32-26(35)12-11-25(29(38)46-31(2,3)4)34-30(39)45-21-24-9-7-6-8-10-24/h6-10,25H,5,11-23H2,1-4H3,(H,32,35)(H,33,36)(H,34,39)/t25-/m0/s1. The average Bonchev–Trinajstić information content (AvgIpc) is 3.00. The van der Waals surface area contributed by atoms with E-state index in [-0.39, 0.29) is 90.7 Å². The third-order valence-electron chi connectivity index (χ3n) is 5.50. The summed E-state index contributed by atoms with van der Waals surface area (Å²) in [5, 5.41) is 7.82. The van der Waals surface area contributed by atoms with Crippen LogP contribution >= 0.6 is 0 Å². The number of esters is 2. The maximum atomic E-state index is 12.6. The third-order valence-corrected chi connectivity index (χ3v) is 5.50. The van der Waals surface area contributed by atoms with Gasteiger partial charge in [0.05, 0.1) is 46.2 Å². The van der Waals surface area contributed by atoms with Crippen molar-refractivity contribution >= 4 is 29.8 Å². The number of amides is 3. The van der Waals surface area contributed by atoms with Crippen molar-refractivity contribution < 1.29 is 57.1 Å². The quantitative estimate of drug-likeness (QED) is 0.0824. The highest BCUT2D eigenvalue weighted by Crippen LogP contribution is 2.11. The monoisotopic (exact) mass is 655 g/mol. The molecule has 260 valence electrons. The lowest BCUT2D eigenvalue weighted by Crippen LogP contribution is -2.45. The first-order valence-electron chi connectivity index (χ1n) is 15.2. The lowest BCUT2D eigenvalue weighted by atomic mass is 10.1. The molecule has 0 spiro atoms. The van der Waals surface area contributed by atoms with E-state index in [1.807, 2.05) is 18.2 Å². The van der Waals surface area contributed by atoms with Gasteiger partial charge in [-0.25, -0.2) is 14.4 Å². The van der Waals surface area contributed by atoms with Gasteiger partial charge in [-0.3, -0.25) is 9.59 Å². The SMILES string of the molecule is CCOC(=O)COCCOCCNC(=O)COCCOCCNC(=O)CC[C@H](NC(=O)OCc1ccccc1)C(=O)OC(C)(C)C. The number of hydrogen-bond donors (Lipinski definition) is 3. The van der Waals surface area contributed by atoms with E-state index in [2.05, 4.69) is 16.0 Å². The molecule has 0 aliphatic carbocycles. The first-order chi connectivity index (χ1) is 22.0. The van der Waals surface area contributed by atoms with Crippen molar-refractivity contribution in [2.75, 3.05) is 72.6 Å². The molecule has 0 heterocycles. The fourth-order valence-electron chi connectivity index (χ4n) is 3.43. The van der Waals surface area contributed by atoms with Crippen molar-refractivity contribution in [2.24, 2.45) is 0 Å². The molecule has 0 aliphatic rings. The van der Waals surface area contributed by atoms with E-state index >= 15 is 0 Å². The molecule has 1 rings (SSSR count). The molecular formula is C31H49N3O12. The van der Waals surface area contributed by atoms with Crippen LogP contribution in [0.3, 0.4) is 0 Å². The first-order valence-corrected chi connectivity index (χ1v) is 15.2. The Morgan fingerprint density at radius 2 is 1.33 bits per heavy atom. The Morgan fingerprint density at radius 3 is 1.93 bits per heavy atom. The number of rotatable bonds is 24. The Kier molecular flexibility index (Phi) is 21.4. The van der Waals surface area contributed by atoms with Crippen LogP contribution in [0.4, 0.5) is 4.79 Å². The van der Waals surface area contributed by atoms with Gasteiger partial charge < -0.3 is 49.1 Å². The van der Waals surface area contributed by atoms with Gasteiger partial charge in [-0.05, 0) is 39.7 Å². The summed E-state index contributed by atoms with van der Waals surface area (Å²) < 4.78 is 36.3. The molecule has 0 aliphatic heterocycles. The lowest BCUT2D eigenvalue weighted by molar-refractivity contribution is -0.157. The minimum atomic E-state index is -1.07. The minimum absolute atomic E-state index is 0.00953. The highest BCUT2D eigenvalue weighted by molar-refractivity contribution is 5.83. The van der Waals surface area contributed by atoms with Crippen LogP contribution < -0.4 is 16.0 Å². The van der Waals surface area contributed by atoms with Gasteiger partial charge in [0.25, 0.3) is 0 Å².